The first-order chi connectivity index (χ1) is 9.63. The van der Waals surface area contributed by atoms with Gasteiger partial charge in [-0.25, -0.2) is 9.78 Å². The molecule has 0 bridgehead atoms. The van der Waals surface area contributed by atoms with Gasteiger partial charge in [0.15, 0.2) is 0 Å². The number of aryl methyl sites for hydroxylation is 1. The molecule has 4 nitrogen and oxygen atoms in total. The zero-order chi connectivity index (χ0) is 14.5. The molecule has 0 amide bonds. The minimum absolute atomic E-state index is 0.252. The molecule has 0 spiro atoms. The number of hydrogen-bond donors (Lipinski definition) is 0. The van der Waals surface area contributed by atoms with E-state index in [2.05, 4.69) is 4.98 Å². The molecule has 2 aromatic rings. The minimum atomic E-state index is -0.412. The first-order valence-corrected chi connectivity index (χ1v) is 7.23. The van der Waals surface area contributed by atoms with Crippen LogP contribution >= 0.6 is 11.3 Å². The molecule has 1 aromatic heterocycles. The summed E-state index contributed by atoms with van der Waals surface area (Å²) < 4.78 is 4.96. The predicted octanol–water partition coefficient (Wildman–Crippen LogP) is 2.80. The minimum Gasteiger partial charge on any atom is -0.468 e. The molecule has 106 valence electrons. The summed E-state index contributed by atoms with van der Waals surface area (Å²) in [6.45, 7) is 2.62. The van der Waals surface area contributed by atoms with Crippen molar-refractivity contribution in [2.45, 2.75) is 19.5 Å². The van der Waals surface area contributed by atoms with Crippen LogP contribution in [0.2, 0.25) is 0 Å². The van der Waals surface area contributed by atoms with Gasteiger partial charge in [-0.1, -0.05) is 24.3 Å². The highest BCUT2D eigenvalue weighted by Crippen LogP contribution is 2.25. The van der Waals surface area contributed by atoms with Crippen molar-refractivity contribution >= 4 is 17.3 Å². The molecule has 0 aliphatic heterocycles. The van der Waals surface area contributed by atoms with Crippen LogP contribution in [0.1, 0.15) is 22.2 Å². The summed E-state index contributed by atoms with van der Waals surface area (Å²) in [4.78, 5) is 18.4. The molecular formula is C15H18N2O2S. The van der Waals surface area contributed by atoms with E-state index in [1.807, 2.05) is 48.5 Å². The molecule has 0 N–H and O–H groups in total. The molecule has 2 rings (SSSR count). The van der Waals surface area contributed by atoms with Gasteiger partial charge in [0.2, 0.25) is 0 Å². The third-order valence-electron chi connectivity index (χ3n) is 3.22. The number of aromatic nitrogens is 1. The Kier molecular flexibility index (Phi) is 4.87. The molecule has 1 heterocycles. The number of carbonyl (C=O) groups excluding carboxylic acids is 1. The van der Waals surface area contributed by atoms with Gasteiger partial charge in [-0.05, 0) is 25.1 Å². The number of thiazole rings is 1. The molecule has 20 heavy (non-hydrogen) atoms. The molecule has 0 radical (unpaired) electrons. The van der Waals surface area contributed by atoms with E-state index in [4.69, 9.17) is 4.74 Å². The number of likely N-dealkylation sites (N-methyl/N-ethyl adjacent to an activating group) is 1. The van der Waals surface area contributed by atoms with Crippen LogP contribution < -0.4 is 0 Å². The first kappa shape index (κ1) is 14.7. The molecule has 1 atom stereocenters. The lowest BCUT2D eigenvalue weighted by molar-refractivity contribution is -0.147. The number of benzene rings is 1. The zero-order valence-corrected chi connectivity index (χ0v) is 12.7. The Hall–Kier alpha value is -1.72. The van der Waals surface area contributed by atoms with Gasteiger partial charge in [-0.3, -0.25) is 4.90 Å². The Labute approximate surface area is 123 Å². The molecule has 0 saturated heterocycles. The number of hydrogen-bond acceptors (Lipinski definition) is 5. The van der Waals surface area contributed by atoms with Crippen molar-refractivity contribution in [2.24, 2.45) is 0 Å². The van der Waals surface area contributed by atoms with E-state index in [9.17, 15) is 4.79 Å². The van der Waals surface area contributed by atoms with Crippen LogP contribution in [0.4, 0.5) is 0 Å². The standard InChI is InChI=1S/C15H18N2O2S/c1-11-6-4-5-7-12(11)14(15(18)19-3)17(2)10-13-16-8-9-20-13/h4-9,14H,10H2,1-3H3/t14-/m1/s1. The summed E-state index contributed by atoms with van der Waals surface area (Å²) in [5, 5.41) is 2.92. The summed E-state index contributed by atoms with van der Waals surface area (Å²) in [5.74, 6) is -0.252. The fourth-order valence-electron chi connectivity index (χ4n) is 2.19. The number of methoxy groups -OCH3 is 1. The van der Waals surface area contributed by atoms with Crippen molar-refractivity contribution in [3.8, 4) is 0 Å². The second-order valence-electron chi connectivity index (χ2n) is 4.62. The number of nitrogens with zero attached hydrogens (tertiary/aromatic N) is 2. The molecule has 0 saturated carbocycles. The fourth-order valence-corrected chi connectivity index (χ4v) is 2.86. The van der Waals surface area contributed by atoms with Gasteiger partial charge in [0.1, 0.15) is 11.0 Å². The van der Waals surface area contributed by atoms with Crippen molar-refractivity contribution in [1.29, 1.82) is 0 Å². The lowest BCUT2D eigenvalue weighted by atomic mass is 10.0. The Morgan fingerprint density at radius 1 is 1.45 bits per heavy atom. The molecular weight excluding hydrogens is 272 g/mol. The van der Waals surface area contributed by atoms with Crippen molar-refractivity contribution in [3.05, 3.63) is 52.0 Å². The normalized spacial score (nSPS) is 12.4. The van der Waals surface area contributed by atoms with Crippen molar-refractivity contribution in [3.63, 3.8) is 0 Å². The summed E-state index contributed by atoms with van der Waals surface area (Å²) in [7, 11) is 3.33. The lowest BCUT2D eigenvalue weighted by Crippen LogP contribution is -2.32. The van der Waals surface area contributed by atoms with Crippen LogP contribution in [0.15, 0.2) is 35.8 Å². The van der Waals surface area contributed by atoms with Crippen LogP contribution in [0.3, 0.4) is 0 Å². The molecule has 0 unspecified atom stereocenters. The molecule has 0 aliphatic carbocycles. The van der Waals surface area contributed by atoms with E-state index in [0.29, 0.717) is 6.54 Å². The molecule has 5 heteroatoms. The Bertz CT molecular complexity index is 569. The third-order valence-corrected chi connectivity index (χ3v) is 3.98. The van der Waals surface area contributed by atoms with Gasteiger partial charge in [-0.15, -0.1) is 11.3 Å². The fraction of sp³-hybridized carbons (Fsp3) is 0.333. The van der Waals surface area contributed by atoms with Crippen molar-refractivity contribution < 1.29 is 9.53 Å². The third kappa shape index (κ3) is 3.23. The molecule has 1 aromatic carbocycles. The van der Waals surface area contributed by atoms with Crippen molar-refractivity contribution in [1.82, 2.24) is 9.88 Å². The Morgan fingerprint density at radius 2 is 2.20 bits per heavy atom. The smallest absolute Gasteiger partial charge is 0.327 e. The average Bonchev–Trinajstić information content (AvgIpc) is 2.93. The van der Waals surface area contributed by atoms with Gasteiger partial charge in [-0.2, -0.15) is 0 Å². The largest absolute Gasteiger partial charge is 0.468 e. The number of esters is 1. The van der Waals surface area contributed by atoms with E-state index < -0.39 is 6.04 Å². The van der Waals surface area contributed by atoms with Crippen molar-refractivity contribution in [2.75, 3.05) is 14.2 Å². The lowest BCUT2D eigenvalue weighted by Gasteiger charge is -2.26. The van der Waals surface area contributed by atoms with Gasteiger partial charge >= 0.3 is 5.97 Å². The van der Waals surface area contributed by atoms with Crippen LogP contribution in [0.5, 0.6) is 0 Å². The SMILES string of the molecule is COC(=O)[C@@H](c1ccccc1C)N(C)Cc1nccs1. The maximum Gasteiger partial charge on any atom is 0.327 e. The average molecular weight is 290 g/mol. The van der Waals surface area contributed by atoms with Crippen LogP contribution in [0, 0.1) is 6.92 Å². The van der Waals surface area contributed by atoms with Gasteiger partial charge in [0.05, 0.1) is 13.7 Å². The number of ether oxygens (including phenoxy) is 1. The van der Waals surface area contributed by atoms with E-state index >= 15 is 0 Å². The first-order valence-electron chi connectivity index (χ1n) is 6.35. The maximum absolute atomic E-state index is 12.2. The highest BCUT2D eigenvalue weighted by Gasteiger charge is 2.27. The van der Waals surface area contributed by atoms with E-state index in [0.717, 1.165) is 16.1 Å². The number of carbonyl (C=O) groups is 1. The maximum atomic E-state index is 12.2. The van der Waals surface area contributed by atoms with Crippen LogP contribution in [-0.2, 0) is 16.1 Å². The van der Waals surface area contributed by atoms with Crippen LogP contribution in [0.25, 0.3) is 0 Å². The highest BCUT2D eigenvalue weighted by molar-refractivity contribution is 7.09. The zero-order valence-electron chi connectivity index (χ0n) is 11.9. The van der Waals surface area contributed by atoms with E-state index in [1.165, 1.54) is 7.11 Å². The molecule has 0 aliphatic rings. The summed E-state index contributed by atoms with van der Waals surface area (Å²) >= 11 is 1.58. The summed E-state index contributed by atoms with van der Waals surface area (Å²) in [6, 6.07) is 7.46. The van der Waals surface area contributed by atoms with Gasteiger partial charge < -0.3 is 4.74 Å². The monoisotopic (exact) mass is 290 g/mol. The summed E-state index contributed by atoms with van der Waals surface area (Å²) in [5.41, 5.74) is 2.05. The Morgan fingerprint density at radius 3 is 2.80 bits per heavy atom. The van der Waals surface area contributed by atoms with E-state index in [1.54, 1.807) is 17.5 Å². The predicted molar refractivity (Wildman–Crippen MR) is 79.5 cm³/mol. The Balaban J connectivity index is 2.28. The topological polar surface area (TPSA) is 42.4 Å². The van der Waals surface area contributed by atoms with Gasteiger partial charge in [0.25, 0.3) is 0 Å². The van der Waals surface area contributed by atoms with Crippen LogP contribution in [-0.4, -0.2) is 30.0 Å². The highest BCUT2D eigenvalue weighted by atomic mass is 32.1. The molecule has 0 fully saturated rings. The quantitative estimate of drug-likeness (QED) is 0.794. The second-order valence-corrected chi connectivity index (χ2v) is 5.60. The van der Waals surface area contributed by atoms with Gasteiger partial charge in [0, 0.05) is 11.6 Å². The second kappa shape index (κ2) is 6.63. The number of rotatable bonds is 5. The van der Waals surface area contributed by atoms with E-state index in [-0.39, 0.29) is 5.97 Å². The summed E-state index contributed by atoms with van der Waals surface area (Å²) in [6.07, 6.45) is 1.77.